The monoisotopic (exact) mass is 408 g/mol. The first-order chi connectivity index (χ1) is 14.1. The van der Waals surface area contributed by atoms with Crippen LogP contribution in [0.3, 0.4) is 0 Å². The number of benzene rings is 3. The lowest BCUT2D eigenvalue weighted by atomic mass is 10.2. The Morgan fingerprint density at radius 3 is 2.45 bits per heavy atom. The van der Waals surface area contributed by atoms with Gasteiger partial charge < -0.3 is 9.47 Å². The summed E-state index contributed by atoms with van der Waals surface area (Å²) in [6.45, 7) is 2.25. The molecule has 1 N–H and O–H groups in total. The number of amides is 1. The zero-order valence-electron chi connectivity index (χ0n) is 16.0. The molecule has 1 amide bonds. The van der Waals surface area contributed by atoms with E-state index >= 15 is 0 Å². The molecule has 0 aliphatic carbocycles. The van der Waals surface area contributed by atoms with Crippen molar-refractivity contribution in [2.45, 2.75) is 13.5 Å². The van der Waals surface area contributed by atoms with Crippen molar-refractivity contribution in [1.82, 2.24) is 5.43 Å². The van der Waals surface area contributed by atoms with Crippen molar-refractivity contribution in [3.8, 4) is 11.5 Å². The smallest absolute Gasteiger partial charge is 0.277 e. The maximum Gasteiger partial charge on any atom is 0.277 e. The predicted molar refractivity (Wildman–Crippen MR) is 115 cm³/mol. The normalized spacial score (nSPS) is 10.7. The Labute approximate surface area is 174 Å². The summed E-state index contributed by atoms with van der Waals surface area (Å²) >= 11 is 5.96. The van der Waals surface area contributed by atoms with Gasteiger partial charge in [-0.15, -0.1) is 0 Å². The molecular weight excluding hydrogens is 388 g/mol. The fourth-order valence-corrected chi connectivity index (χ4v) is 2.58. The minimum atomic E-state index is -0.350. The second-order valence-electron chi connectivity index (χ2n) is 6.34. The maximum atomic E-state index is 11.8. The third-order valence-electron chi connectivity index (χ3n) is 4.03. The van der Waals surface area contributed by atoms with Gasteiger partial charge in [0, 0.05) is 5.02 Å². The number of hydrogen-bond acceptors (Lipinski definition) is 4. The second-order valence-corrected chi connectivity index (χ2v) is 6.74. The topological polar surface area (TPSA) is 59.9 Å². The number of nitrogens with one attached hydrogen (secondary N) is 1. The van der Waals surface area contributed by atoms with Gasteiger partial charge in [-0.25, -0.2) is 5.43 Å². The molecule has 6 heteroatoms. The molecule has 29 heavy (non-hydrogen) atoms. The van der Waals surface area contributed by atoms with Crippen LogP contribution in [0.25, 0.3) is 0 Å². The van der Waals surface area contributed by atoms with Crippen LogP contribution in [-0.2, 0) is 11.4 Å². The molecular formula is C23H21ClN2O3. The summed E-state index contributed by atoms with van der Waals surface area (Å²) in [7, 11) is 0. The van der Waals surface area contributed by atoms with Crippen molar-refractivity contribution in [3.63, 3.8) is 0 Å². The molecule has 0 aromatic heterocycles. The highest BCUT2D eigenvalue weighted by molar-refractivity contribution is 6.31. The number of aryl methyl sites for hydroxylation is 1. The van der Waals surface area contributed by atoms with Crippen molar-refractivity contribution in [2.24, 2.45) is 5.10 Å². The molecule has 0 aliphatic heterocycles. The average Bonchev–Trinajstić information content (AvgIpc) is 2.75. The highest BCUT2D eigenvalue weighted by atomic mass is 35.5. The van der Waals surface area contributed by atoms with E-state index in [1.807, 2.05) is 61.5 Å². The van der Waals surface area contributed by atoms with E-state index in [1.54, 1.807) is 24.4 Å². The van der Waals surface area contributed by atoms with Crippen molar-refractivity contribution in [2.75, 3.05) is 6.61 Å². The van der Waals surface area contributed by atoms with E-state index < -0.39 is 0 Å². The Kier molecular flexibility index (Phi) is 7.25. The summed E-state index contributed by atoms with van der Waals surface area (Å²) in [5, 5.41) is 4.60. The van der Waals surface area contributed by atoms with Crippen LogP contribution in [0.2, 0.25) is 5.02 Å². The minimum absolute atomic E-state index is 0.134. The highest BCUT2D eigenvalue weighted by Crippen LogP contribution is 2.20. The Hall–Kier alpha value is -3.31. The van der Waals surface area contributed by atoms with Crippen molar-refractivity contribution in [1.29, 1.82) is 0 Å². The zero-order valence-corrected chi connectivity index (χ0v) is 16.7. The van der Waals surface area contributed by atoms with Gasteiger partial charge in [0.2, 0.25) is 0 Å². The number of halogens is 1. The Morgan fingerprint density at radius 2 is 1.72 bits per heavy atom. The van der Waals surface area contributed by atoms with Crippen LogP contribution in [-0.4, -0.2) is 18.7 Å². The zero-order chi connectivity index (χ0) is 20.5. The first-order valence-electron chi connectivity index (χ1n) is 9.08. The van der Waals surface area contributed by atoms with Crippen LogP contribution in [0.15, 0.2) is 77.9 Å². The molecule has 0 spiro atoms. The Morgan fingerprint density at radius 1 is 1.00 bits per heavy atom. The van der Waals surface area contributed by atoms with E-state index in [0.29, 0.717) is 17.4 Å². The molecule has 5 nitrogen and oxygen atoms in total. The number of hydrogen-bond donors (Lipinski definition) is 1. The number of carbonyl (C=O) groups excluding carboxylic acids is 1. The molecule has 3 aromatic rings. The molecule has 0 fully saturated rings. The number of hydrazone groups is 1. The van der Waals surface area contributed by atoms with Crippen LogP contribution in [0, 0.1) is 6.92 Å². The molecule has 0 heterocycles. The van der Waals surface area contributed by atoms with Gasteiger partial charge in [0.25, 0.3) is 5.91 Å². The lowest BCUT2D eigenvalue weighted by Gasteiger charge is -2.07. The standard InChI is InChI=1S/C23H21ClN2O3/c1-17-13-21(11-12-22(17)24)29-16-23(27)26-25-14-18-7-9-20(10-8-18)28-15-19-5-3-2-4-6-19/h2-14H,15-16H2,1H3,(H,26,27). The van der Waals surface area contributed by atoms with Crippen molar-refractivity contribution < 1.29 is 14.3 Å². The SMILES string of the molecule is Cc1cc(OCC(=O)NN=Cc2ccc(OCc3ccccc3)cc2)ccc1Cl. The summed E-state index contributed by atoms with van der Waals surface area (Å²) in [5.41, 5.74) is 5.27. The molecule has 0 radical (unpaired) electrons. The van der Waals surface area contributed by atoms with E-state index in [1.165, 1.54) is 0 Å². The molecule has 0 bridgehead atoms. The third-order valence-corrected chi connectivity index (χ3v) is 4.45. The summed E-state index contributed by atoms with van der Waals surface area (Å²) < 4.78 is 11.2. The van der Waals surface area contributed by atoms with E-state index in [9.17, 15) is 4.79 Å². The first-order valence-corrected chi connectivity index (χ1v) is 9.45. The molecule has 0 saturated heterocycles. The van der Waals surface area contributed by atoms with Crippen LogP contribution < -0.4 is 14.9 Å². The van der Waals surface area contributed by atoms with Crippen LogP contribution in [0.5, 0.6) is 11.5 Å². The highest BCUT2D eigenvalue weighted by Gasteiger charge is 2.03. The summed E-state index contributed by atoms with van der Waals surface area (Å²) in [5.74, 6) is 0.996. The van der Waals surface area contributed by atoms with Crippen molar-refractivity contribution >= 4 is 23.7 Å². The fourth-order valence-electron chi connectivity index (χ4n) is 2.46. The number of nitrogens with zero attached hydrogens (tertiary/aromatic N) is 1. The number of rotatable bonds is 8. The molecule has 148 valence electrons. The minimum Gasteiger partial charge on any atom is -0.489 e. The van der Waals surface area contributed by atoms with Gasteiger partial charge in [-0.2, -0.15) is 5.10 Å². The molecule has 0 aliphatic rings. The molecule has 3 aromatic carbocycles. The van der Waals surface area contributed by atoms with Crippen LogP contribution >= 0.6 is 11.6 Å². The van der Waals surface area contributed by atoms with E-state index in [0.717, 1.165) is 22.4 Å². The van der Waals surface area contributed by atoms with E-state index in [-0.39, 0.29) is 12.5 Å². The van der Waals surface area contributed by atoms with Gasteiger partial charge >= 0.3 is 0 Å². The second kappa shape index (κ2) is 10.3. The molecule has 0 saturated carbocycles. The fraction of sp³-hybridized carbons (Fsp3) is 0.130. The van der Waals surface area contributed by atoms with Gasteiger partial charge in [0.1, 0.15) is 18.1 Å². The lowest BCUT2D eigenvalue weighted by Crippen LogP contribution is -2.24. The Bertz CT molecular complexity index is 973. The quantitative estimate of drug-likeness (QED) is 0.432. The molecule has 3 rings (SSSR count). The predicted octanol–water partition coefficient (Wildman–Crippen LogP) is 4.76. The van der Waals surface area contributed by atoms with E-state index in [2.05, 4.69) is 10.5 Å². The first kappa shape index (κ1) is 20.4. The van der Waals surface area contributed by atoms with Gasteiger partial charge in [-0.3, -0.25) is 4.79 Å². The Balaban J connectivity index is 1.42. The number of carbonyl (C=O) groups is 1. The van der Waals surface area contributed by atoms with Crippen molar-refractivity contribution in [3.05, 3.63) is 94.5 Å². The average molecular weight is 409 g/mol. The van der Waals surface area contributed by atoms with Crippen LogP contribution in [0.1, 0.15) is 16.7 Å². The summed E-state index contributed by atoms with van der Waals surface area (Å²) in [6, 6.07) is 22.6. The van der Waals surface area contributed by atoms with Gasteiger partial charge in [-0.1, -0.05) is 41.9 Å². The largest absolute Gasteiger partial charge is 0.489 e. The van der Waals surface area contributed by atoms with Gasteiger partial charge in [-0.05, 0) is 66.1 Å². The third kappa shape index (κ3) is 6.66. The van der Waals surface area contributed by atoms with Gasteiger partial charge in [0.05, 0.1) is 6.21 Å². The molecule has 0 unspecified atom stereocenters. The summed E-state index contributed by atoms with van der Waals surface area (Å²) in [4.78, 5) is 11.8. The van der Waals surface area contributed by atoms with Gasteiger partial charge in [0.15, 0.2) is 6.61 Å². The summed E-state index contributed by atoms with van der Waals surface area (Å²) in [6.07, 6.45) is 1.56. The molecule has 0 atom stereocenters. The number of ether oxygens (including phenoxy) is 2. The van der Waals surface area contributed by atoms with Crippen LogP contribution in [0.4, 0.5) is 0 Å². The lowest BCUT2D eigenvalue weighted by molar-refractivity contribution is -0.123. The maximum absolute atomic E-state index is 11.8. The van der Waals surface area contributed by atoms with E-state index in [4.69, 9.17) is 21.1 Å².